The smallest absolute Gasteiger partial charge is 0.123 e. The molecule has 2 heterocycles. The zero-order valence-corrected chi connectivity index (χ0v) is 8.54. The minimum Gasteiger partial charge on any atom is -0.394 e. The highest BCUT2D eigenvalue weighted by Gasteiger charge is 2.47. The van der Waals surface area contributed by atoms with Gasteiger partial charge in [0.05, 0.1) is 12.1 Å². The Balaban J connectivity index is 2.16. The SMILES string of the molecule is OCC12CCCN1Cc1ccc(F)cc12. The Morgan fingerprint density at radius 3 is 3.13 bits per heavy atom. The summed E-state index contributed by atoms with van der Waals surface area (Å²) in [6.07, 6.45) is 2.04. The summed E-state index contributed by atoms with van der Waals surface area (Å²) in [5.74, 6) is -0.199. The summed E-state index contributed by atoms with van der Waals surface area (Å²) in [6.45, 7) is 1.97. The van der Waals surface area contributed by atoms with Gasteiger partial charge in [-0.25, -0.2) is 4.39 Å². The minimum atomic E-state index is -0.280. The third-order valence-electron chi connectivity index (χ3n) is 3.82. The first-order valence-corrected chi connectivity index (χ1v) is 5.41. The molecule has 3 rings (SSSR count). The molecule has 0 amide bonds. The summed E-state index contributed by atoms with van der Waals surface area (Å²) in [4.78, 5) is 2.27. The van der Waals surface area contributed by atoms with Gasteiger partial charge in [-0.2, -0.15) is 0 Å². The molecular formula is C12H14FNO. The van der Waals surface area contributed by atoms with Crippen LogP contribution < -0.4 is 0 Å². The number of fused-ring (bicyclic) bond motifs is 3. The molecule has 2 nitrogen and oxygen atoms in total. The predicted molar refractivity (Wildman–Crippen MR) is 54.8 cm³/mol. The molecule has 0 saturated carbocycles. The van der Waals surface area contributed by atoms with Gasteiger partial charge in [0, 0.05) is 6.54 Å². The first-order chi connectivity index (χ1) is 7.26. The van der Waals surface area contributed by atoms with Gasteiger partial charge in [0.1, 0.15) is 5.82 Å². The van der Waals surface area contributed by atoms with Crippen LogP contribution in [0.15, 0.2) is 18.2 Å². The topological polar surface area (TPSA) is 23.5 Å². The maximum atomic E-state index is 13.2. The molecule has 1 atom stereocenters. The van der Waals surface area contributed by atoms with Crippen LogP contribution in [0.3, 0.4) is 0 Å². The van der Waals surface area contributed by atoms with E-state index in [1.807, 2.05) is 6.07 Å². The second kappa shape index (κ2) is 3.03. The summed E-state index contributed by atoms with van der Waals surface area (Å²) in [5, 5.41) is 9.60. The molecule has 1 fully saturated rings. The zero-order valence-electron chi connectivity index (χ0n) is 8.54. The molecule has 1 aromatic rings. The average molecular weight is 207 g/mol. The van der Waals surface area contributed by atoms with Gasteiger partial charge < -0.3 is 5.11 Å². The van der Waals surface area contributed by atoms with Crippen LogP contribution in [0.1, 0.15) is 24.0 Å². The molecule has 2 aliphatic heterocycles. The standard InChI is InChI=1S/C12H14FNO/c13-10-3-2-9-7-14-5-1-4-12(14,8-15)11(9)6-10/h2-3,6,15H,1,4-5,7-8H2. The van der Waals surface area contributed by atoms with Crippen LogP contribution in [0.2, 0.25) is 0 Å². The monoisotopic (exact) mass is 207 g/mol. The Kier molecular flexibility index (Phi) is 1.88. The van der Waals surface area contributed by atoms with Crippen molar-refractivity contribution in [3.8, 4) is 0 Å². The van der Waals surface area contributed by atoms with Crippen molar-refractivity contribution in [1.82, 2.24) is 4.90 Å². The minimum absolute atomic E-state index is 0.101. The molecule has 0 aliphatic carbocycles. The fourth-order valence-electron chi connectivity index (χ4n) is 3.06. The number of aliphatic hydroxyl groups excluding tert-OH is 1. The maximum absolute atomic E-state index is 13.2. The lowest BCUT2D eigenvalue weighted by Crippen LogP contribution is -2.38. The Labute approximate surface area is 88.3 Å². The van der Waals surface area contributed by atoms with E-state index in [1.54, 1.807) is 6.07 Å². The van der Waals surface area contributed by atoms with Gasteiger partial charge in [-0.3, -0.25) is 4.90 Å². The van der Waals surface area contributed by atoms with Crippen LogP contribution in [-0.4, -0.2) is 23.2 Å². The molecule has 1 aromatic carbocycles. The fourth-order valence-corrected chi connectivity index (χ4v) is 3.06. The number of hydrogen-bond acceptors (Lipinski definition) is 2. The van der Waals surface area contributed by atoms with Gasteiger partial charge in [-0.15, -0.1) is 0 Å². The van der Waals surface area contributed by atoms with Crippen LogP contribution in [0.4, 0.5) is 4.39 Å². The van der Waals surface area contributed by atoms with E-state index in [4.69, 9.17) is 0 Å². The quantitative estimate of drug-likeness (QED) is 0.756. The van der Waals surface area contributed by atoms with E-state index in [-0.39, 0.29) is 18.0 Å². The van der Waals surface area contributed by atoms with Gasteiger partial charge in [0.15, 0.2) is 0 Å². The van der Waals surface area contributed by atoms with Crippen molar-refractivity contribution in [2.45, 2.75) is 24.9 Å². The molecular weight excluding hydrogens is 193 g/mol. The first kappa shape index (κ1) is 9.31. The first-order valence-electron chi connectivity index (χ1n) is 5.41. The summed E-state index contributed by atoms with van der Waals surface area (Å²) in [7, 11) is 0. The molecule has 3 heteroatoms. The molecule has 1 saturated heterocycles. The van der Waals surface area contributed by atoms with E-state index in [0.29, 0.717) is 0 Å². The lowest BCUT2D eigenvalue weighted by molar-refractivity contribution is 0.0751. The molecule has 1 N–H and O–H groups in total. The third kappa shape index (κ3) is 1.11. The van der Waals surface area contributed by atoms with E-state index >= 15 is 0 Å². The van der Waals surface area contributed by atoms with E-state index in [0.717, 1.165) is 31.5 Å². The van der Waals surface area contributed by atoms with Gasteiger partial charge in [0.25, 0.3) is 0 Å². The van der Waals surface area contributed by atoms with Crippen molar-refractivity contribution < 1.29 is 9.50 Å². The van der Waals surface area contributed by atoms with Crippen LogP contribution in [0.25, 0.3) is 0 Å². The second-order valence-corrected chi connectivity index (χ2v) is 4.52. The number of nitrogens with zero attached hydrogens (tertiary/aromatic N) is 1. The van der Waals surface area contributed by atoms with E-state index < -0.39 is 0 Å². The van der Waals surface area contributed by atoms with E-state index in [9.17, 15) is 9.50 Å². The molecule has 15 heavy (non-hydrogen) atoms. The number of halogens is 1. The maximum Gasteiger partial charge on any atom is 0.123 e. The molecule has 0 radical (unpaired) electrons. The van der Waals surface area contributed by atoms with E-state index in [1.165, 1.54) is 11.6 Å². The molecule has 0 spiro atoms. The Morgan fingerprint density at radius 1 is 1.47 bits per heavy atom. The summed E-state index contributed by atoms with van der Waals surface area (Å²) >= 11 is 0. The fraction of sp³-hybridized carbons (Fsp3) is 0.500. The highest BCUT2D eigenvalue weighted by atomic mass is 19.1. The normalized spacial score (nSPS) is 29.2. The summed E-state index contributed by atoms with van der Waals surface area (Å²) < 4.78 is 13.2. The molecule has 2 aliphatic rings. The van der Waals surface area contributed by atoms with Gasteiger partial charge in [0.2, 0.25) is 0 Å². The Bertz CT molecular complexity index is 407. The number of rotatable bonds is 1. The van der Waals surface area contributed by atoms with Crippen molar-refractivity contribution >= 4 is 0 Å². The number of hydrogen-bond donors (Lipinski definition) is 1. The van der Waals surface area contributed by atoms with Crippen molar-refractivity contribution in [2.24, 2.45) is 0 Å². The Hall–Kier alpha value is -0.930. The van der Waals surface area contributed by atoms with Crippen LogP contribution in [0, 0.1) is 5.82 Å². The van der Waals surface area contributed by atoms with E-state index in [2.05, 4.69) is 4.90 Å². The average Bonchev–Trinajstić information content (AvgIpc) is 2.74. The summed E-state index contributed by atoms with van der Waals surface area (Å²) in [5.41, 5.74) is 1.89. The van der Waals surface area contributed by atoms with Crippen molar-refractivity contribution in [3.63, 3.8) is 0 Å². The second-order valence-electron chi connectivity index (χ2n) is 4.52. The molecule has 0 bridgehead atoms. The van der Waals surface area contributed by atoms with Crippen LogP contribution >= 0.6 is 0 Å². The zero-order chi connectivity index (χ0) is 10.5. The highest BCUT2D eigenvalue weighted by molar-refractivity contribution is 5.40. The number of benzene rings is 1. The van der Waals surface area contributed by atoms with Crippen molar-refractivity contribution in [2.75, 3.05) is 13.2 Å². The lowest BCUT2D eigenvalue weighted by Gasteiger charge is -2.30. The Morgan fingerprint density at radius 2 is 2.33 bits per heavy atom. The molecule has 0 aromatic heterocycles. The van der Waals surface area contributed by atoms with Crippen molar-refractivity contribution in [3.05, 3.63) is 35.1 Å². The molecule has 1 unspecified atom stereocenters. The predicted octanol–water partition coefficient (Wildman–Crippen LogP) is 1.62. The van der Waals surface area contributed by atoms with Crippen LogP contribution in [-0.2, 0) is 12.1 Å². The largest absolute Gasteiger partial charge is 0.394 e. The lowest BCUT2D eigenvalue weighted by atomic mass is 9.89. The molecule has 80 valence electrons. The summed E-state index contributed by atoms with van der Waals surface area (Å²) in [6, 6.07) is 4.95. The highest BCUT2D eigenvalue weighted by Crippen LogP contribution is 2.46. The van der Waals surface area contributed by atoms with Gasteiger partial charge >= 0.3 is 0 Å². The van der Waals surface area contributed by atoms with Crippen molar-refractivity contribution in [1.29, 1.82) is 0 Å². The van der Waals surface area contributed by atoms with Gasteiger partial charge in [-0.05, 0) is 42.6 Å². The number of aliphatic hydroxyl groups is 1. The van der Waals surface area contributed by atoms with Gasteiger partial charge in [-0.1, -0.05) is 6.07 Å². The third-order valence-corrected chi connectivity index (χ3v) is 3.82. The van der Waals surface area contributed by atoms with Crippen LogP contribution in [0.5, 0.6) is 0 Å².